The van der Waals surface area contributed by atoms with Gasteiger partial charge in [-0.3, -0.25) is 0 Å². The lowest BCUT2D eigenvalue weighted by Gasteiger charge is -2.18. The minimum atomic E-state index is -0.444. The van der Waals surface area contributed by atoms with Crippen molar-refractivity contribution in [1.82, 2.24) is 0 Å². The molecular weight excluding hydrogens is 316 g/mol. The highest BCUT2D eigenvalue weighted by molar-refractivity contribution is 5.88. The number of rotatable bonds is 2. The number of hydrogen-bond donors (Lipinski definition) is 1. The number of methoxy groups -OCH3 is 1. The number of aliphatic hydroxyl groups excluding tert-OH is 1. The Morgan fingerprint density at radius 1 is 1.40 bits per heavy atom. The first kappa shape index (κ1) is 19.9. The highest BCUT2D eigenvalue weighted by Gasteiger charge is 2.52. The number of hydrogen-bond acceptors (Lipinski definition) is 4. The van der Waals surface area contributed by atoms with Crippen LogP contribution in [0.4, 0.5) is 0 Å². The van der Waals surface area contributed by atoms with Crippen LogP contribution in [-0.4, -0.2) is 36.0 Å². The Labute approximate surface area is 151 Å². The van der Waals surface area contributed by atoms with Crippen LogP contribution in [0.2, 0.25) is 0 Å². The second kappa shape index (κ2) is 8.33. The lowest BCUT2D eigenvalue weighted by atomic mass is 9.86. The van der Waals surface area contributed by atoms with Crippen LogP contribution >= 0.6 is 0 Å². The first-order valence-corrected chi connectivity index (χ1v) is 9.22. The Balaban J connectivity index is 2.17. The van der Waals surface area contributed by atoms with Crippen LogP contribution in [0.5, 0.6) is 0 Å². The second-order valence-electron chi connectivity index (χ2n) is 7.70. The molecule has 0 aromatic heterocycles. The van der Waals surface area contributed by atoms with E-state index in [0.717, 1.165) is 37.7 Å². The molecule has 0 spiro atoms. The third-order valence-electron chi connectivity index (χ3n) is 5.67. The summed E-state index contributed by atoms with van der Waals surface area (Å²) in [5.74, 6) is -0.389. The van der Waals surface area contributed by atoms with Gasteiger partial charge in [-0.1, -0.05) is 24.3 Å². The normalized spacial score (nSPS) is 38.2. The Hall–Kier alpha value is -1.39. The Morgan fingerprint density at radius 2 is 2.12 bits per heavy atom. The molecule has 0 aromatic rings. The van der Waals surface area contributed by atoms with Crippen LogP contribution < -0.4 is 0 Å². The minimum Gasteiger partial charge on any atom is -0.466 e. The number of esters is 1. The molecule has 25 heavy (non-hydrogen) atoms. The predicted molar refractivity (Wildman–Crippen MR) is 99.1 cm³/mol. The van der Waals surface area contributed by atoms with Gasteiger partial charge in [0.15, 0.2) is 0 Å². The van der Waals surface area contributed by atoms with E-state index in [4.69, 9.17) is 9.47 Å². The number of fused-ring (bicyclic) bond motifs is 1. The highest BCUT2D eigenvalue weighted by atomic mass is 16.6. The zero-order chi connectivity index (χ0) is 18.6. The van der Waals surface area contributed by atoms with E-state index in [0.29, 0.717) is 12.0 Å². The molecule has 0 bridgehead atoms. The van der Waals surface area contributed by atoms with Crippen molar-refractivity contribution in [3.05, 3.63) is 35.5 Å². The van der Waals surface area contributed by atoms with Gasteiger partial charge >= 0.3 is 5.97 Å². The van der Waals surface area contributed by atoms with Crippen molar-refractivity contribution in [2.75, 3.05) is 7.11 Å². The summed E-state index contributed by atoms with van der Waals surface area (Å²) >= 11 is 0. The first-order chi connectivity index (χ1) is 11.8. The quantitative estimate of drug-likeness (QED) is 0.353. The number of epoxide rings is 1. The number of carbonyl (C=O) groups excluding carboxylic acids is 1. The maximum Gasteiger partial charge on any atom is 0.333 e. The topological polar surface area (TPSA) is 59.1 Å². The van der Waals surface area contributed by atoms with E-state index in [2.05, 4.69) is 26.5 Å². The molecule has 1 aliphatic carbocycles. The minimum absolute atomic E-state index is 0.0263. The molecule has 0 saturated carbocycles. The van der Waals surface area contributed by atoms with Gasteiger partial charge in [-0.2, -0.15) is 0 Å². The van der Waals surface area contributed by atoms with Gasteiger partial charge < -0.3 is 14.6 Å². The lowest BCUT2D eigenvalue weighted by Crippen LogP contribution is -2.19. The van der Waals surface area contributed by atoms with Crippen molar-refractivity contribution in [3.63, 3.8) is 0 Å². The fraction of sp³-hybridized carbons (Fsp3) is 0.667. The number of carbonyl (C=O) groups is 1. The van der Waals surface area contributed by atoms with E-state index in [1.165, 1.54) is 12.7 Å². The summed E-state index contributed by atoms with van der Waals surface area (Å²) < 4.78 is 10.8. The second-order valence-corrected chi connectivity index (χ2v) is 7.70. The van der Waals surface area contributed by atoms with E-state index in [1.54, 1.807) is 0 Å². The zero-order valence-electron chi connectivity index (χ0n) is 16.0. The molecule has 0 amide bonds. The molecular formula is C21H32O4. The Bertz CT molecular complexity index is 574. The molecule has 1 fully saturated rings. The van der Waals surface area contributed by atoms with E-state index in [9.17, 15) is 9.90 Å². The molecule has 1 aliphatic heterocycles. The summed E-state index contributed by atoms with van der Waals surface area (Å²) in [6, 6.07) is 0. The summed E-state index contributed by atoms with van der Waals surface area (Å²) in [5.41, 5.74) is 2.66. The van der Waals surface area contributed by atoms with Crippen LogP contribution in [0, 0.1) is 5.92 Å². The molecule has 140 valence electrons. The zero-order valence-corrected chi connectivity index (χ0v) is 16.0. The van der Waals surface area contributed by atoms with Gasteiger partial charge in [0, 0.05) is 5.57 Å². The first-order valence-electron chi connectivity index (χ1n) is 9.22. The van der Waals surface area contributed by atoms with Gasteiger partial charge in [-0.25, -0.2) is 4.79 Å². The fourth-order valence-corrected chi connectivity index (χ4v) is 3.51. The molecule has 1 saturated heterocycles. The van der Waals surface area contributed by atoms with E-state index in [1.807, 2.05) is 13.0 Å². The summed E-state index contributed by atoms with van der Waals surface area (Å²) in [7, 11) is 1.38. The maximum atomic E-state index is 11.9. The number of ether oxygens (including phenoxy) is 2. The smallest absolute Gasteiger partial charge is 0.333 e. The number of aliphatic hydroxyl groups is 1. The van der Waals surface area contributed by atoms with Crippen LogP contribution in [0.1, 0.15) is 59.3 Å². The maximum absolute atomic E-state index is 11.9. The molecule has 4 atom stereocenters. The summed E-state index contributed by atoms with van der Waals surface area (Å²) in [4.78, 5) is 11.9. The molecule has 4 heteroatoms. The van der Waals surface area contributed by atoms with Crippen molar-refractivity contribution >= 4 is 5.97 Å². The third-order valence-corrected chi connectivity index (χ3v) is 5.67. The standard InChI is InChI=1S/C21H32O4/c1-14-7-6-12-21(4)19(25-21)13-17(16(3)20(23)24-5)10-9-15(2)18(22)11-8-14/h7,9,17-19,22H,3,6,8,10-13H2,1-2,4-5H3/b14-7+,15-9-/t17-,18+,19+,21+/m1/s1. The molecule has 1 N–H and O–H groups in total. The van der Waals surface area contributed by atoms with Gasteiger partial charge in [-0.05, 0) is 70.8 Å². The summed E-state index contributed by atoms with van der Waals surface area (Å²) in [5, 5.41) is 10.4. The molecule has 2 rings (SSSR count). The Kier molecular flexibility index (Phi) is 6.64. The predicted octanol–water partition coefficient (Wildman–Crippen LogP) is 4.10. The Morgan fingerprint density at radius 3 is 2.80 bits per heavy atom. The largest absolute Gasteiger partial charge is 0.466 e. The average Bonchev–Trinajstić information content (AvgIpc) is 3.23. The SMILES string of the molecule is C=C(C(=O)OC)[C@@H]1C/C=C(/C)[C@@H](O)CC/C(C)=C/CC[C@]2(C)O[C@H]2C1. The number of allylic oxidation sites excluding steroid dienone is 3. The van der Waals surface area contributed by atoms with Crippen molar-refractivity contribution in [2.45, 2.75) is 77.1 Å². The van der Waals surface area contributed by atoms with Gasteiger partial charge in [0.2, 0.25) is 0 Å². The molecule has 4 nitrogen and oxygen atoms in total. The van der Waals surface area contributed by atoms with E-state index in [-0.39, 0.29) is 23.6 Å². The van der Waals surface area contributed by atoms with E-state index < -0.39 is 6.10 Å². The summed E-state index contributed by atoms with van der Waals surface area (Å²) in [6.45, 7) is 10.2. The van der Waals surface area contributed by atoms with Crippen molar-refractivity contribution in [3.8, 4) is 0 Å². The van der Waals surface area contributed by atoms with Crippen LogP contribution in [0.15, 0.2) is 35.5 Å². The van der Waals surface area contributed by atoms with Crippen molar-refractivity contribution in [2.24, 2.45) is 5.92 Å². The van der Waals surface area contributed by atoms with Crippen molar-refractivity contribution < 1.29 is 19.4 Å². The van der Waals surface area contributed by atoms with Crippen LogP contribution in [-0.2, 0) is 14.3 Å². The van der Waals surface area contributed by atoms with E-state index >= 15 is 0 Å². The van der Waals surface area contributed by atoms with Crippen LogP contribution in [0.25, 0.3) is 0 Å². The molecule has 2 aliphatic rings. The van der Waals surface area contributed by atoms with Gasteiger partial charge in [0.25, 0.3) is 0 Å². The molecule has 0 aromatic carbocycles. The van der Waals surface area contributed by atoms with Gasteiger partial charge in [0.1, 0.15) is 0 Å². The third kappa shape index (κ3) is 5.29. The van der Waals surface area contributed by atoms with Gasteiger partial charge in [0.05, 0.1) is 24.9 Å². The summed E-state index contributed by atoms with van der Waals surface area (Å²) in [6.07, 6.45) is 9.00. The molecule has 0 unspecified atom stereocenters. The molecule has 1 heterocycles. The lowest BCUT2D eigenvalue weighted by molar-refractivity contribution is -0.136. The molecule has 0 radical (unpaired) electrons. The van der Waals surface area contributed by atoms with Crippen LogP contribution in [0.3, 0.4) is 0 Å². The average molecular weight is 348 g/mol. The monoisotopic (exact) mass is 348 g/mol. The van der Waals surface area contributed by atoms with Gasteiger partial charge in [-0.15, -0.1) is 0 Å². The van der Waals surface area contributed by atoms with Crippen molar-refractivity contribution in [1.29, 1.82) is 0 Å². The highest BCUT2D eigenvalue weighted by Crippen LogP contribution is 2.45. The fourth-order valence-electron chi connectivity index (χ4n) is 3.51.